The Morgan fingerprint density at radius 2 is 1.83 bits per heavy atom. The summed E-state index contributed by atoms with van der Waals surface area (Å²) < 4.78 is 0. The Balaban J connectivity index is 0.000000631. The van der Waals surface area contributed by atoms with Crippen LogP contribution in [0.1, 0.15) is 12.8 Å². The Morgan fingerprint density at radius 1 is 1.33 bits per heavy atom. The number of aliphatic hydroxyl groups excluding tert-OH is 2. The molecule has 0 aromatic carbocycles. The third-order valence-corrected chi connectivity index (χ3v) is 1.56. The van der Waals surface area contributed by atoms with Gasteiger partial charge in [-0.25, -0.2) is 4.79 Å². The lowest BCUT2D eigenvalue weighted by Gasteiger charge is -2.10. The largest absolute Gasteiger partial charge is 0.394 e. The number of hydrogen-bond acceptors (Lipinski definition) is 7. The van der Waals surface area contributed by atoms with Gasteiger partial charge in [0.25, 0.3) is 11.8 Å². The van der Waals surface area contributed by atoms with Crippen molar-refractivity contribution in [2.24, 2.45) is 5.11 Å². The van der Waals surface area contributed by atoms with Crippen molar-refractivity contribution in [3.63, 3.8) is 0 Å². The Labute approximate surface area is 101 Å². The Bertz CT molecular complexity index is 347. The lowest BCUT2D eigenvalue weighted by Crippen LogP contribution is -2.32. The van der Waals surface area contributed by atoms with E-state index in [1.807, 2.05) is 0 Å². The van der Waals surface area contributed by atoms with Crippen LogP contribution in [0.25, 0.3) is 10.4 Å². The first-order valence-corrected chi connectivity index (χ1v) is 4.86. The molecule has 1 rings (SSSR count). The number of hydroxylamine groups is 2. The highest BCUT2D eigenvalue weighted by molar-refractivity contribution is 6.01. The monoisotopic (exact) mass is 260 g/mol. The van der Waals surface area contributed by atoms with Crippen LogP contribution in [0, 0.1) is 0 Å². The number of amides is 2. The van der Waals surface area contributed by atoms with Crippen molar-refractivity contribution < 1.29 is 29.4 Å². The first kappa shape index (κ1) is 15.8. The molecule has 1 heterocycles. The standard InChI is InChI=1S/C6H6N4O4.C2H6O2/c7-9-8-3-6(13)14-10-4(11)1-2-5(10)12;3-1-2-4/h1-3H2;3-4H,1-2H2. The molecule has 100 valence electrons. The predicted octanol–water partition coefficient (Wildman–Crippen LogP) is -1.13. The van der Waals surface area contributed by atoms with Crippen LogP contribution in [0.5, 0.6) is 0 Å². The summed E-state index contributed by atoms with van der Waals surface area (Å²) in [6.45, 7) is -0.798. The van der Waals surface area contributed by atoms with E-state index < -0.39 is 24.3 Å². The summed E-state index contributed by atoms with van der Waals surface area (Å²) in [7, 11) is 0. The van der Waals surface area contributed by atoms with E-state index in [4.69, 9.17) is 15.7 Å². The molecule has 1 saturated heterocycles. The maximum absolute atomic E-state index is 10.9. The summed E-state index contributed by atoms with van der Waals surface area (Å²) in [4.78, 5) is 39.3. The second kappa shape index (κ2) is 8.93. The van der Waals surface area contributed by atoms with Crippen molar-refractivity contribution in [3.05, 3.63) is 10.4 Å². The van der Waals surface area contributed by atoms with Gasteiger partial charge >= 0.3 is 5.97 Å². The molecule has 0 saturated carbocycles. The number of aliphatic hydroxyl groups is 2. The van der Waals surface area contributed by atoms with E-state index in [1.165, 1.54) is 0 Å². The molecule has 0 aliphatic carbocycles. The van der Waals surface area contributed by atoms with Gasteiger partial charge in [0.1, 0.15) is 6.54 Å². The average molecular weight is 260 g/mol. The van der Waals surface area contributed by atoms with E-state index in [0.717, 1.165) is 0 Å². The molecule has 18 heavy (non-hydrogen) atoms. The number of carbonyl (C=O) groups is 3. The Kier molecular flexibility index (Phi) is 7.86. The summed E-state index contributed by atoms with van der Waals surface area (Å²) in [6.07, 6.45) is 0.0707. The molecule has 1 fully saturated rings. The van der Waals surface area contributed by atoms with Crippen LogP contribution in [0.3, 0.4) is 0 Å². The van der Waals surface area contributed by atoms with Gasteiger partial charge in [0.15, 0.2) is 0 Å². The molecule has 0 bridgehead atoms. The number of azide groups is 1. The summed E-state index contributed by atoms with van der Waals surface area (Å²) in [5, 5.41) is 18.6. The molecular formula is C8H12N4O6. The van der Waals surface area contributed by atoms with Crippen LogP contribution in [-0.4, -0.2) is 52.8 Å². The van der Waals surface area contributed by atoms with Crippen LogP contribution in [0.2, 0.25) is 0 Å². The van der Waals surface area contributed by atoms with Crippen molar-refractivity contribution in [1.82, 2.24) is 5.06 Å². The second-order valence-electron chi connectivity index (χ2n) is 2.88. The SMILES string of the molecule is OCCO.[N-]=[N+]=NCC(=O)ON1C(=O)CCC1=O. The quantitative estimate of drug-likeness (QED) is 0.282. The van der Waals surface area contributed by atoms with Crippen LogP contribution < -0.4 is 0 Å². The summed E-state index contributed by atoms with van der Waals surface area (Å²) >= 11 is 0. The van der Waals surface area contributed by atoms with E-state index >= 15 is 0 Å². The zero-order chi connectivity index (χ0) is 14.0. The maximum Gasteiger partial charge on any atom is 0.339 e. The van der Waals surface area contributed by atoms with E-state index in [2.05, 4.69) is 14.9 Å². The second-order valence-corrected chi connectivity index (χ2v) is 2.88. The van der Waals surface area contributed by atoms with Crippen molar-refractivity contribution in [3.8, 4) is 0 Å². The fourth-order valence-electron chi connectivity index (χ4n) is 0.878. The molecule has 10 heteroatoms. The van der Waals surface area contributed by atoms with Gasteiger partial charge in [-0.1, -0.05) is 5.11 Å². The fraction of sp³-hybridized carbons (Fsp3) is 0.625. The van der Waals surface area contributed by atoms with Gasteiger partial charge in [0.05, 0.1) is 13.2 Å². The molecule has 0 atom stereocenters. The van der Waals surface area contributed by atoms with Crippen molar-refractivity contribution in [2.45, 2.75) is 12.8 Å². The minimum atomic E-state index is -0.939. The first-order valence-electron chi connectivity index (χ1n) is 4.86. The topological polar surface area (TPSA) is 153 Å². The van der Waals surface area contributed by atoms with Crippen LogP contribution in [0.15, 0.2) is 5.11 Å². The van der Waals surface area contributed by atoms with E-state index in [9.17, 15) is 14.4 Å². The summed E-state index contributed by atoms with van der Waals surface area (Å²) in [5.41, 5.74) is 7.88. The van der Waals surface area contributed by atoms with Crippen LogP contribution >= 0.6 is 0 Å². The molecule has 0 aromatic heterocycles. The first-order chi connectivity index (χ1) is 8.56. The number of hydrogen-bond donors (Lipinski definition) is 2. The maximum atomic E-state index is 10.9. The number of carbonyl (C=O) groups excluding carboxylic acids is 3. The summed E-state index contributed by atoms with van der Waals surface area (Å²) in [6, 6.07) is 0. The molecule has 1 aliphatic heterocycles. The van der Waals surface area contributed by atoms with E-state index in [0.29, 0.717) is 5.06 Å². The lowest BCUT2D eigenvalue weighted by molar-refractivity contribution is -0.196. The smallest absolute Gasteiger partial charge is 0.339 e. The molecule has 2 N–H and O–H groups in total. The van der Waals surface area contributed by atoms with Gasteiger partial charge < -0.3 is 15.1 Å². The Morgan fingerprint density at radius 3 is 2.22 bits per heavy atom. The molecule has 0 aromatic rings. The van der Waals surface area contributed by atoms with Gasteiger partial charge in [0.2, 0.25) is 0 Å². The predicted molar refractivity (Wildman–Crippen MR) is 55.4 cm³/mol. The van der Waals surface area contributed by atoms with Gasteiger partial charge in [-0.05, 0) is 5.53 Å². The van der Waals surface area contributed by atoms with Crippen LogP contribution in [-0.2, 0) is 19.2 Å². The number of imide groups is 1. The van der Waals surface area contributed by atoms with Gasteiger partial charge in [-0.3, -0.25) is 9.59 Å². The summed E-state index contributed by atoms with van der Waals surface area (Å²) in [5.74, 6) is -2.07. The van der Waals surface area contributed by atoms with E-state index in [1.54, 1.807) is 0 Å². The van der Waals surface area contributed by atoms with Crippen molar-refractivity contribution in [1.29, 1.82) is 0 Å². The molecule has 0 radical (unpaired) electrons. The third-order valence-electron chi connectivity index (χ3n) is 1.56. The lowest BCUT2D eigenvalue weighted by atomic mass is 10.4. The highest BCUT2D eigenvalue weighted by atomic mass is 16.7. The number of rotatable bonds is 4. The van der Waals surface area contributed by atoms with Crippen molar-refractivity contribution in [2.75, 3.05) is 19.8 Å². The van der Waals surface area contributed by atoms with Crippen molar-refractivity contribution >= 4 is 17.8 Å². The Hall–Kier alpha value is -2.16. The highest BCUT2D eigenvalue weighted by Gasteiger charge is 2.32. The van der Waals surface area contributed by atoms with Crippen LogP contribution in [0.4, 0.5) is 0 Å². The van der Waals surface area contributed by atoms with Gasteiger partial charge in [0, 0.05) is 17.8 Å². The molecule has 1 aliphatic rings. The van der Waals surface area contributed by atoms with E-state index in [-0.39, 0.29) is 26.1 Å². The zero-order valence-corrected chi connectivity index (χ0v) is 9.35. The minimum absolute atomic E-state index is 0.0353. The third kappa shape index (κ3) is 5.80. The van der Waals surface area contributed by atoms with Gasteiger partial charge in [-0.2, -0.15) is 0 Å². The molecule has 10 nitrogen and oxygen atoms in total. The average Bonchev–Trinajstić information content (AvgIpc) is 2.68. The number of nitrogens with zero attached hydrogens (tertiary/aromatic N) is 4. The minimum Gasteiger partial charge on any atom is -0.394 e. The van der Waals surface area contributed by atoms with Gasteiger partial charge in [-0.15, -0.1) is 5.06 Å². The molecule has 0 unspecified atom stereocenters. The molecule has 2 amide bonds. The fourth-order valence-corrected chi connectivity index (χ4v) is 0.878. The molecule has 0 spiro atoms. The zero-order valence-electron chi connectivity index (χ0n) is 9.35. The normalized spacial score (nSPS) is 13.6. The highest BCUT2D eigenvalue weighted by Crippen LogP contribution is 2.11. The molecular weight excluding hydrogens is 248 g/mol.